The maximum atomic E-state index is 12.8. The summed E-state index contributed by atoms with van der Waals surface area (Å²) in [5, 5.41) is 7.46. The molecule has 1 aliphatic heterocycles. The molecule has 10 heteroatoms. The topological polar surface area (TPSA) is 105 Å². The van der Waals surface area contributed by atoms with Gasteiger partial charge in [-0.3, -0.25) is 14.3 Å². The van der Waals surface area contributed by atoms with Crippen molar-refractivity contribution in [3.8, 4) is 0 Å². The van der Waals surface area contributed by atoms with Crippen LogP contribution < -0.4 is 10.7 Å². The fourth-order valence-electron chi connectivity index (χ4n) is 3.66. The average molecular weight is 456 g/mol. The molecule has 3 aromatic rings. The highest BCUT2D eigenvalue weighted by atomic mass is 32.2. The lowest BCUT2D eigenvalue weighted by molar-refractivity contribution is -0.116. The van der Waals surface area contributed by atoms with E-state index in [1.165, 1.54) is 22.6 Å². The van der Waals surface area contributed by atoms with Crippen LogP contribution in [0.25, 0.3) is 10.9 Å². The van der Waals surface area contributed by atoms with Crippen LogP contribution in [0.15, 0.2) is 64.4 Å². The van der Waals surface area contributed by atoms with Gasteiger partial charge in [-0.25, -0.2) is 8.42 Å². The highest BCUT2D eigenvalue weighted by Crippen LogP contribution is 2.20. The summed E-state index contributed by atoms with van der Waals surface area (Å²) in [5.41, 5.74) is 1.03. The second-order valence-corrected chi connectivity index (χ2v) is 9.72. The van der Waals surface area contributed by atoms with Crippen molar-refractivity contribution in [2.45, 2.75) is 17.9 Å². The van der Waals surface area contributed by atoms with E-state index in [4.69, 9.17) is 0 Å². The van der Waals surface area contributed by atoms with Gasteiger partial charge in [0, 0.05) is 43.7 Å². The second kappa shape index (κ2) is 9.19. The number of hydrogen-bond acceptors (Lipinski definition) is 6. The molecule has 9 nitrogen and oxygen atoms in total. The molecule has 2 aromatic carbocycles. The molecule has 1 aliphatic rings. The minimum Gasteiger partial charge on any atom is -0.326 e. The number of rotatable bonds is 6. The number of likely N-dealkylation sites (N-methyl/N-ethyl adjacent to an activating group) is 1. The Labute approximate surface area is 186 Å². The lowest BCUT2D eigenvalue weighted by atomic mass is 10.2. The van der Waals surface area contributed by atoms with Gasteiger partial charge < -0.3 is 10.2 Å². The zero-order valence-electron chi connectivity index (χ0n) is 17.8. The van der Waals surface area contributed by atoms with Crippen molar-refractivity contribution in [2.75, 3.05) is 38.5 Å². The zero-order chi connectivity index (χ0) is 22.7. The summed E-state index contributed by atoms with van der Waals surface area (Å²) in [5.74, 6) is -0.232. The van der Waals surface area contributed by atoms with E-state index in [0.29, 0.717) is 49.3 Å². The Bertz CT molecular complexity index is 1280. The minimum absolute atomic E-state index is 0.154. The summed E-state index contributed by atoms with van der Waals surface area (Å²) in [7, 11) is -1.57. The first kappa shape index (κ1) is 22.1. The van der Waals surface area contributed by atoms with Crippen molar-refractivity contribution in [3.63, 3.8) is 0 Å². The predicted octanol–water partition coefficient (Wildman–Crippen LogP) is 1.36. The van der Waals surface area contributed by atoms with Gasteiger partial charge in [0.05, 0.1) is 23.2 Å². The number of aryl methyl sites for hydroxylation is 1. The van der Waals surface area contributed by atoms with E-state index >= 15 is 0 Å². The Kier molecular flexibility index (Phi) is 6.35. The smallest absolute Gasteiger partial charge is 0.243 e. The van der Waals surface area contributed by atoms with Gasteiger partial charge in [-0.05, 0) is 43.4 Å². The SMILES string of the molecule is CN1CCN(S(=O)(=O)c2ccc(NC(=O)CCn3ncc(=O)c4ccccc43)cc2)CC1. The number of benzene rings is 2. The molecule has 2 heterocycles. The number of anilines is 1. The number of hydrogen-bond donors (Lipinski definition) is 1. The van der Waals surface area contributed by atoms with Crippen molar-refractivity contribution in [1.82, 2.24) is 19.0 Å². The molecule has 0 unspecified atom stereocenters. The van der Waals surface area contributed by atoms with Gasteiger partial charge in [-0.15, -0.1) is 0 Å². The van der Waals surface area contributed by atoms with Crippen LogP contribution in [0.5, 0.6) is 0 Å². The van der Waals surface area contributed by atoms with E-state index < -0.39 is 10.0 Å². The Hall–Kier alpha value is -3.08. The molecule has 0 spiro atoms. The van der Waals surface area contributed by atoms with Crippen molar-refractivity contribution >= 4 is 32.5 Å². The fourth-order valence-corrected chi connectivity index (χ4v) is 5.08. The molecule has 1 N–H and O–H groups in total. The summed E-state index contributed by atoms with van der Waals surface area (Å²) in [6.07, 6.45) is 1.40. The molecule has 1 saturated heterocycles. The number of aromatic nitrogens is 2. The van der Waals surface area contributed by atoms with E-state index in [0.717, 1.165) is 0 Å². The standard InChI is InChI=1S/C22H25N5O4S/c1-25-12-14-26(15-13-25)32(30,31)18-8-6-17(7-9-18)24-22(29)10-11-27-20-5-3-2-4-19(20)21(28)16-23-27/h2-9,16H,10-15H2,1H3,(H,24,29). The summed E-state index contributed by atoms with van der Waals surface area (Å²) in [6, 6.07) is 13.3. The summed E-state index contributed by atoms with van der Waals surface area (Å²) < 4.78 is 28.7. The first-order valence-corrected chi connectivity index (χ1v) is 11.8. The first-order valence-electron chi connectivity index (χ1n) is 10.4. The quantitative estimate of drug-likeness (QED) is 0.602. The molecular formula is C22H25N5O4S. The number of carbonyl (C=O) groups excluding carboxylic acids is 1. The minimum atomic E-state index is -3.54. The highest BCUT2D eigenvalue weighted by Gasteiger charge is 2.27. The van der Waals surface area contributed by atoms with Crippen LogP contribution in [0.1, 0.15) is 6.42 Å². The molecule has 4 rings (SSSR count). The number of piperazine rings is 1. The Morgan fingerprint density at radius 1 is 1.03 bits per heavy atom. The number of amides is 1. The van der Waals surface area contributed by atoms with Crippen LogP contribution in [0.2, 0.25) is 0 Å². The van der Waals surface area contributed by atoms with E-state index in [2.05, 4.69) is 15.3 Å². The second-order valence-electron chi connectivity index (χ2n) is 7.78. The van der Waals surface area contributed by atoms with Crippen LogP contribution in [0, 0.1) is 0 Å². The molecule has 1 fully saturated rings. The third-order valence-electron chi connectivity index (χ3n) is 5.55. The summed E-state index contributed by atoms with van der Waals surface area (Å²) in [4.78, 5) is 26.6. The van der Waals surface area contributed by atoms with Crippen molar-refractivity contribution < 1.29 is 13.2 Å². The van der Waals surface area contributed by atoms with Crippen LogP contribution in [-0.4, -0.2) is 66.5 Å². The normalized spacial score (nSPS) is 15.7. The van der Waals surface area contributed by atoms with Gasteiger partial charge >= 0.3 is 0 Å². The van der Waals surface area contributed by atoms with Gasteiger partial charge in [-0.1, -0.05) is 12.1 Å². The number of para-hydroxylation sites is 1. The molecule has 0 bridgehead atoms. The Morgan fingerprint density at radius 2 is 1.72 bits per heavy atom. The van der Waals surface area contributed by atoms with Crippen molar-refractivity contribution in [1.29, 1.82) is 0 Å². The van der Waals surface area contributed by atoms with Gasteiger partial charge in [-0.2, -0.15) is 9.40 Å². The van der Waals surface area contributed by atoms with E-state index in [9.17, 15) is 18.0 Å². The number of nitrogens with one attached hydrogen (secondary N) is 1. The van der Waals surface area contributed by atoms with Crippen LogP contribution in [0.4, 0.5) is 5.69 Å². The lowest BCUT2D eigenvalue weighted by Gasteiger charge is -2.31. The highest BCUT2D eigenvalue weighted by molar-refractivity contribution is 7.89. The van der Waals surface area contributed by atoms with Crippen molar-refractivity contribution in [2.24, 2.45) is 0 Å². The predicted molar refractivity (Wildman–Crippen MR) is 122 cm³/mol. The average Bonchev–Trinajstić information content (AvgIpc) is 2.79. The third kappa shape index (κ3) is 4.72. The summed E-state index contributed by atoms with van der Waals surface area (Å²) in [6.45, 7) is 2.64. The van der Waals surface area contributed by atoms with E-state index in [1.54, 1.807) is 35.0 Å². The van der Waals surface area contributed by atoms with Crippen LogP contribution in [-0.2, 0) is 21.4 Å². The van der Waals surface area contributed by atoms with E-state index in [1.807, 2.05) is 13.1 Å². The molecule has 0 radical (unpaired) electrons. The molecule has 32 heavy (non-hydrogen) atoms. The molecule has 0 saturated carbocycles. The number of nitrogens with zero attached hydrogens (tertiary/aromatic N) is 4. The first-order chi connectivity index (χ1) is 15.3. The van der Waals surface area contributed by atoms with E-state index in [-0.39, 0.29) is 22.7 Å². The molecule has 1 amide bonds. The number of carbonyl (C=O) groups is 1. The van der Waals surface area contributed by atoms with Crippen LogP contribution >= 0.6 is 0 Å². The molecule has 1 aromatic heterocycles. The molecule has 168 valence electrons. The zero-order valence-corrected chi connectivity index (χ0v) is 18.6. The maximum absolute atomic E-state index is 12.8. The molecular weight excluding hydrogens is 430 g/mol. The Balaban J connectivity index is 1.38. The van der Waals surface area contributed by atoms with Gasteiger partial charge in [0.2, 0.25) is 21.4 Å². The maximum Gasteiger partial charge on any atom is 0.243 e. The number of sulfonamides is 1. The van der Waals surface area contributed by atoms with Gasteiger partial charge in [0.25, 0.3) is 0 Å². The molecule has 0 atom stereocenters. The lowest BCUT2D eigenvalue weighted by Crippen LogP contribution is -2.46. The Morgan fingerprint density at radius 3 is 2.44 bits per heavy atom. The largest absolute Gasteiger partial charge is 0.326 e. The molecule has 0 aliphatic carbocycles. The third-order valence-corrected chi connectivity index (χ3v) is 7.46. The van der Waals surface area contributed by atoms with Gasteiger partial charge in [0.1, 0.15) is 0 Å². The van der Waals surface area contributed by atoms with Gasteiger partial charge in [0.15, 0.2) is 0 Å². The van der Waals surface area contributed by atoms with Crippen LogP contribution in [0.3, 0.4) is 0 Å². The summed E-state index contributed by atoms with van der Waals surface area (Å²) >= 11 is 0. The fraction of sp³-hybridized carbons (Fsp3) is 0.318. The number of fused-ring (bicyclic) bond motifs is 1. The van der Waals surface area contributed by atoms with Crippen molar-refractivity contribution in [3.05, 3.63) is 65.0 Å². The monoisotopic (exact) mass is 455 g/mol.